The Labute approximate surface area is 166 Å². The summed E-state index contributed by atoms with van der Waals surface area (Å²) in [5.74, 6) is -0.267. The highest BCUT2D eigenvalue weighted by Crippen LogP contribution is 2.27. The predicted octanol–water partition coefficient (Wildman–Crippen LogP) is 5.03. The fraction of sp³-hybridized carbons (Fsp3) is 0.375. The molecule has 4 heteroatoms. The van der Waals surface area contributed by atoms with Gasteiger partial charge in [-0.15, -0.1) is 0 Å². The molecule has 1 N–H and O–H groups in total. The molecule has 1 aliphatic heterocycles. The molecule has 28 heavy (non-hydrogen) atoms. The molecule has 1 saturated heterocycles. The van der Waals surface area contributed by atoms with E-state index < -0.39 is 0 Å². The monoisotopic (exact) mass is 376 g/mol. The topological polar surface area (TPSA) is 45.3 Å². The van der Waals surface area contributed by atoms with Crippen LogP contribution in [-0.2, 0) is 11.2 Å². The van der Waals surface area contributed by atoms with Crippen LogP contribution in [0.4, 0.5) is 0 Å². The quantitative estimate of drug-likeness (QED) is 0.614. The van der Waals surface area contributed by atoms with Crippen molar-refractivity contribution in [1.82, 2.24) is 9.88 Å². The molecule has 1 atom stereocenters. The predicted molar refractivity (Wildman–Crippen MR) is 113 cm³/mol. The number of aromatic amines is 1. The Morgan fingerprint density at radius 3 is 2.64 bits per heavy atom. The second kappa shape index (κ2) is 8.19. The van der Waals surface area contributed by atoms with E-state index in [2.05, 4.69) is 28.1 Å². The number of aromatic nitrogens is 1. The Hall–Kier alpha value is -2.59. The number of H-pyrrole nitrogens is 1. The summed E-state index contributed by atoms with van der Waals surface area (Å²) in [7, 11) is 0. The maximum absolute atomic E-state index is 13.0. The number of rotatable bonds is 6. The van der Waals surface area contributed by atoms with E-state index in [9.17, 15) is 4.79 Å². The number of benzene rings is 2. The Morgan fingerprint density at radius 1 is 1.14 bits per heavy atom. The zero-order valence-corrected chi connectivity index (χ0v) is 16.7. The molecule has 1 aromatic heterocycles. The fourth-order valence-corrected chi connectivity index (χ4v) is 4.10. The molecule has 1 unspecified atom stereocenters. The molecule has 2 heterocycles. The highest BCUT2D eigenvalue weighted by molar-refractivity contribution is 6.05. The number of fused-ring (bicyclic) bond motifs is 1. The molecule has 1 aliphatic rings. The molecule has 0 bridgehead atoms. The van der Waals surface area contributed by atoms with E-state index >= 15 is 0 Å². The lowest BCUT2D eigenvalue weighted by molar-refractivity contribution is 0.0339. The van der Waals surface area contributed by atoms with E-state index in [1.165, 1.54) is 31.5 Å². The Morgan fingerprint density at radius 2 is 1.89 bits per heavy atom. The van der Waals surface area contributed by atoms with Crippen LogP contribution in [0.1, 0.15) is 53.0 Å². The molecular weight excluding hydrogens is 348 g/mol. The van der Waals surface area contributed by atoms with Crippen LogP contribution in [0, 0.1) is 6.92 Å². The number of hydrogen-bond donors (Lipinski definition) is 1. The van der Waals surface area contributed by atoms with Crippen molar-refractivity contribution >= 4 is 16.9 Å². The van der Waals surface area contributed by atoms with Gasteiger partial charge in [0.1, 0.15) is 6.10 Å². The third kappa shape index (κ3) is 3.97. The molecule has 3 aromatic rings. The Bertz CT molecular complexity index is 955. The molecule has 0 aliphatic carbocycles. The van der Waals surface area contributed by atoms with E-state index in [0.717, 1.165) is 35.1 Å². The second-order valence-electron chi connectivity index (χ2n) is 7.76. The molecule has 146 valence electrons. The van der Waals surface area contributed by atoms with Crippen molar-refractivity contribution in [2.24, 2.45) is 0 Å². The molecule has 2 aromatic carbocycles. The van der Waals surface area contributed by atoms with E-state index in [-0.39, 0.29) is 12.1 Å². The largest absolute Gasteiger partial charge is 0.454 e. The van der Waals surface area contributed by atoms with Crippen molar-refractivity contribution in [1.29, 1.82) is 0 Å². The lowest BCUT2D eigenvalue weighted by Gasteiger charge is -2.15. The molecule has 4 nitrogen and oxygen atoms in total. The van der Waals surface area contributed by atoms with Gasteiger partial charge in [-0.05, 0) is 69.5 Å². The van der Waals surface area contributed by atoms with E-state index in [4.69, 9.17) is 4.74 Å². The number of nitrogens with zero attached hydrogens (tertiary/aromatic N) is 1. The molecule has 0 radical (unpaired) electrons. The van der Waals surface area contributed by atoms with Crippen LogP contribution in [0.25, 0.3) is 10.9 Å². The number of ether oxygens (including phenoxy) is 1. The van der Waals surface area contributed by atoms with Gasteiger partial charge in [0, 0.05) is 23.1 Å². The number of nitrogens with one attached hydrogen (secondary N) is 1. The van der Waals surface area contributed by atoms with Crippen molar-refractivity contribution in [3.05, 3.63) is 70.9 Å². The highest BCUT2D eigenvalue weighted by atomic mass is 16.5. The van der Waals surface area contributed by atoms with Crippen molar-refractivity contribution in [2.45, 2.75) is 39.2 Å². The van der Waals surface area contributed by atoms with E-state index in [1.807, 2.05) is 44.2 Å². The third-order valence-corrected chi connectivity index (χ3v) is 5.72. The van der Waals surface area contributed by atoms with E-state index in [0.29, 0.717) is 5.56 Å². The molecule has 1 fully saturated rings. The van der Waals surface area contributed by atoms with Crippen LogP contribution in [0.15, 0.2) is 48.5 Å². The number of esters is 1. The van der Waals surface area contributed by atoms with Gasteiger partial charge in [0.05, 0.1) is 5.56 Å². The number of likely N-dealkylation sites (tertiary alicyclic amines) is 1. The van der Waals surface area contributed by atoms with Crippen molar-refractivity contribution in [3.8, 4) is 0 Å². The second-order valence-corrected chi connectivity index (χ2v) is 7.76. The van der Waals surface area contributed by atoms with Crippen LogP contribution < -0.4 is 0 Å². The smallest absolute Gasteiger partial charge is 0.341 e. The fourth-order valence-electron chi connectivity index (χ4n) is 4.10. The Kier molecular flexibility index (Phi) is 5.49. The molecule has 0 saturated carbocycles. The maximum Gasteiger partial charge on any atom is 0.341 e. The first kappa shape index (κ1) is 18.8. The zero-order chi connectivity index (χ0) is 19.5. The average Bonchev–Trinajstić information content (AvgIpc) is 3.33. The first-order valence-corrected chi connectivity index (χ1v) is 10.2. The van der Waals surface area contributed by atoms with Gasteiger partial charge in [-0.25, -0.2) is 4.79 Å². The van der Waals surface area contributed by atoms with Crippen molar-refractivity contribution in [3.63, 3.8) is 0 Å². The number of carbonyl (C=O) groups is 1. The summed E-state index contributed by atoms with van der Waals surface area (Å²) in [5.41, 5.74) is 4.77. The molecule has 0 spiro atoms. The summed E-state index contributed by atoms with van der Waals surface area (Å²) in [6.45, 7) is 7.35. The van der Waals surface area contributed by atoms with Crippen LogP contribution in [0.3, 0.4) is 0 Å². The van der Waals surface area contributed by atoms with Gasteiger partial charge in [0.15, 0.2) is 0 Å². The lowest BCUT2D eigenvalue weighted by atomic mass is 10.1. The van der Waals surface area contributed by atoms with Crippen LogP contribution >= 0.6 is 0 Å². The highest BCUT2D eigenvalue weighted by Gasteiger charge is 2.21. The summed E-state index contributed by atoms with van der Waals surface area (Å²) in [6, 6.07) is 16.2. The minimum absolute atomic E-state index is 0.267. The Balaban J connectivity index is 1.54. The van der Waals surface area contributed by atoms with Gasteiger partial charge in [-0.1, -0.05) is 36.4 Å². The van der Waals surface area contributed by atoms with Gasteiger partial charge in [-0.2, -0.15) is 0 Å². The minimum atomic E-state index is -0.281. The van der Waals surface area contributed by atoms with Crippen LogP contribution in [0.5, 0.6) is 0 Å². The summed E-state index contributed by atoms with van der Waals surface area (Å²) in [6.07, 6.45) is 3.35. The number of aryl methyl sites for hydroxylation is 1. The van der Waals surface area contributed by atoms with Crippen molar-refractivity contribution < 1.29 is 9.53 Å². The number of carbonyl (C=O) groups excluding carboxylic acids is 1. The first-order chi connectivity index (χ1) is 13.6. The third-order valence-electron chi connectivity index (χ3n) is 5.72. The number of hydrogen-bond acceptors (Lipinski definition) is 3. The molecule has 0 amide bonds. The van der Waals surface area contributed by atoms with Gasteiger partial charge in [-0.3, -0.25) is 0 Å². The van der Waals surface area contributed by atoms with Crippen LogP contribution in [-0.4, -0.2) is 35.5 Å². The molecular formula is C24H28N2O2. The zero-order valence-electron chi connectivity index (χ0n) is 16.7. The summed E-state index contributed by atoms with van der Waals surface area (Å²) in [5, 5.41) is 0.960. The summed E-state index contributed by atoms with van der Waals surface area (Å²) < 4.78 is 5.78. The maximum atomic E-state index is 13.0. The summed E-state index contributed by atoms with van der Waals surface area (Å²) in [4.78, 5) is 18.8. The normalized spacial score (nSPS) is 15.8. The van der Waals surface area contributed by atoms with E-state index in [1.54, 1.807) is 0 Å². The standard InChI is InChI=1S/C24H28N2O2/c1-17-23(24(27)28-18(2)20-8-4-3-5-9-20)21-16-19(10-11-22(21)25-17)12-15-26-13-6-7-14-26/h3-5,8-11,16,18,25H,6-7,12-15H2,1-2H3. The lowest BCUT2D eigenvalue weighted by Crippen LogP contribution is -2.21. The SMILES string of the molecule is Cc1[nH]c2ccc(CCN3CCCC3)cc2c1C(=O)OC(C)c1ccccc1. The summed E-state index contributed by atoms with van der Waals surface area (Å²) >= 11 is 0. The minimum Gasteiger partial charge on any atom is -0.454 e. The molecule has 4 rings (SSSR count). The first-order valence-electron chi connectivity index (χ1n) is 10.2. The average molecular weight is 376 g/mol. The van der Waals surface area contributed by atoms with Crippen molar-refractivity contribution in [2.75, 3.05) is 19.6 Å². The van der Waals surface area contributed by atoms with Gasteiger partial charge >= 0.3 is 5.97 Å². The van der Waals surface area contributed by atoms with Gasteiger partial charge < -0.3 is 14.6 Å². The van der Waals surface area contributed by atoms with Gasteiger partial charge in [0.2, 0.25) is 0 Å². The van der Waals surface area contributed by atoms with Gasteiger partial charge in [0.25, 0.3) is 0 Å². The van der Waals surface area contributed by atoms with Crippen LogP contribution in [0.2, 0.25) is 0 Å².